The lowest BCUT2D eigenvalue weighted by Crippen LogP contribution is -2.35. The molecule has 1 rings (SSSR count). The van der Waals surface area contributed by atoms with Crippen molar-refractivity contribution in [3.63, 3.8) is 0 Å². The number of hydroxylamine groups is 2. The van der Waals surface area contributed by atoms with Gasteiger partial charge in [-0.1, -0.05) is 40.4 Å². The third-order valence-electron chi connectivity index (χ3n) is 3.08. The molecular weight excluding hydrogens is 202 g/mol. The van der Waals surface area contributed by atoms with Gasteiger partial charge in [-0.05, 0) is 17.9 Å². The fourth-order valence-electron chi connectivity index (χ4n) is 2.45. The molecule has 0 radical (unpaired) electrons. The van der Waals surface area contributed by atoms with Crippen LogP contribution in [0.2, 0.25) is 25.7 Å². The van der Waals surface area contributed by atoms with Gasteiger partial charge in [-0.25, -0.2) is 0 Å². The first-order chi connectivity index (χ1) is 6.59. The maximum atomic E-state index is 5.94. The summed E-state index contributed by atoms with van der Waals surface area (Å²) in [6, 6.07) is 1.85. The molecule has 0 amide bonds. The van der Waals surface area contributed by atoms with Crippen LogP contribution in [0.5, 0.6) is 0 Å². The molecule has 0 spiro atoms. The zero-order valence-corrected chi connectivity index (χ0v) is 12.4. The summed E-state index contributed by atoms with van der Waals surface area (Å²) < 4.78 is 0. The van der Waals surface area contributed by atoms with Crippen molar-refractivity contribution in [2.45, 2.75) is 65.0 Å². The van der Waals surface area contributed by atoms with Crippen LogP contribution in [0, 0.1) is 5.41 Å². The topological polar surface area (TPSA) is 12.5 Å². The molecule has 2 nitrogen and oxygen atoms in total. The molecule has 1 fully saturated rings. The SMILES string of the molecule is CN1O[C@H](C[Si](C)(C)C)C[C@H]1C(C)(C)C. The van der Waals surface area contributed by atoms with Gasteiger partial charge in [-0.3, -0.25) is 4.84 Å². The van der Waals surface area contributed by atoms with E-state index in [1.54, 1.807) is 0 Å². The van der Waals surface area contributed by atoms with Gasteiger partial charge in [0.05, 0.1) is 6.10 Å². The normalized spacial score (nSPS) is 29.8. The van der Waals surface area contributed by atoms with Crippen molar-refractivity contribution >= 4 is 8.07 Å². The predicted molar refractivity (Wildman–Crippen MR) is 68.6 cm³/mol. The molecule has 0 saturated carbocycles. The fourth-order valence-corrected chi connectivity index (χ4v) is 4.06. The summed E-state index contributed by atoms with van der Waals surface area (Å²) in [7, 11) is 1.09. The molecule has 15 heavy (non-hydrogen) atoms. The highest BCUT2D eigenvalue weighted by molar-refractivity contribution is 6.76. The monoisotopic (exact) mass is 229 g/mol. The Morgan fingerprint density at radius 1 is 1.27 bits per heavy atom. The standard InChI is InChI=1S/C12H27NOSi/c1-12(2,3)11-8-10(14-13(11)4)9-15(5,6)7/h10-11H,8-9H2,1-7H3/t10-,11-/m0/s1. The van der Waals surface area contributed by atoms with Crippen LogP contribution >= 0.6 is 0 Å². The first-order valence-corrected chi connectivity index (χ1v) is 9.70. The second kappa shape index (κ2) is 4.19. The zero-order chi connectivity index (χ0) is 11.9. The highest BCUT2D eigenvalue weighted by Crippen LogP contribution is 2.35. The van der Waals surface area contributed by atoms with E-state index in [9.17, 15) is 0 Å². The smallest absolute Gasteiger partial charge is 0.0785 e. The van der Waals surface area contributed by atoms with E-state index < -0.39 is 8.07 Å². The Morgan fingerprint density at radius 2 is 1.80 bits per heavy atom. The number of hydrogen-bond acceptors (Lipinski definition) is 2. The summed E-state index contributed by atoms with van der Waals surface area (Å²) in [5.74, 6) is 0. The molecule has 1 heterocycles. The number of rotatable bonds is 2. The first-order valence-electron chi connectivity index (χ1n) is 5.99. The third kappa shape index (κ3) is 3.89. The van der Waals surface area contributed by atoms with Crippen LogP contribution in [0.1, 0.15) is 27.2 Å². The summed E-state index contributed by atoms with van der Waals surface area (Å²) in [4.78, 5) is 5.94. The van der Waals surface area contributed by atoms with Gasteiger partial charge < -0.3 is 0 Å². The Labute approximate surface area is 96.0 Å². The van der Waals surface area contributed by atoms with E-state index in [2.05, 4.69) is 52.5 Å². The molecule has 1 aliphatic rings. The summed E-state index contributed by atoms with van der Waals surface area (Å²) in [5, 5.41) is 2.09. The van der Waals surface area contributed by atoms with Crippen molar-refractivity contribution in [2.75, 3.05) is 7.05 Å². The van der Waals surface area contributed by atoms with Gasteiger partial charge in [-0.2, -0.15) is 5.06 Å². The minimum Gasteiger partial charge on any atom is -0.296 e. The van der Waals surface area contributed by atoms with E-state index in [1.807, 2.05) is 0 Å². The summed E-state index contributed by atoms with van der Waals surface area (Å²) in [6.07, 6.45) is 1.66. The maximum absolute atomic E-state index is 5.94. The van der Waals surface area contributed by atoms with Gasteiger partial charge in [0.15, 0.2) is 0 Å². The van der Waals surface area contributed by atoms with Crippen LogP contribution in [-0.2, 0) is 4.84 Å². The highest BCUT2D eigenvalue weighted by atomic mass is 28.3. The van der Waals surface area contributed by atoms with Crippen molar-refractivity contribution in [3.05, 3.63) is 0 Å². The molecule has 0 aromatic carbocycles. The van der Waals surface area contributed by atoms with Gasteiger partial charge in [0, 0.05) is 21.2 Å². The molecule has 0 aromatic rings. The van der Waals surface area contributed by atoms with Crippen LogP contribution in [0.15, 0.2) is 0 Å². The Kier molecular flexibility index (Phi) is 3.69. The van der Waals surface area contributed by atoms with E-state index in [0.29, 0.717) is 17.6 Å². The Morgan fingerprint density at radius 3 is 2.13 bits per heavy atom. The second-order valence-electron chi connectivity index (χ2n) is 7.16. The number of hydrogen-bond donors (Lipinski definition) is 0. The van der Waals surface area contributed by atoms with Gasteiger partial charge in [0.2, 0.25) is 0 Å². The highest BCUT2D eigenvalue weighted by Gasteiger charge is 2.39. The van der Waals surface area contributed by atoms with Gasteiger partial charge in [0.1, 0.15) is 0 Å². The van der Waals surface area contributed by atoms with E-state index >= 15 is 0 Å². The number of nitrogens with zero attached hydrogens (tertiary/aromatic N) is 1. The first kappa shape index (κ1) is 13.2. The molecule has 0 unspecified atom stereocenters. The summed E-state index contributed by atoms with van der Waals surface area (Å²) >= 11 is 0. The van der Waals surface area contributed by atoms with Gasteiger partial charge >= 0.3 is 0 Å². The molecule has 0 N–H and O–H groups in total. The molecule has 90 valence electrons. The van der Waals surface area contributed by atoms with Crippen molar-refractivity contribution < 1.29 is 4.84 Å². The quantitative estimate of drug-likeness (QED) is 0.673. The van der Waals surface area contributed by atoms with Crippen molar-refractivity contribution in [1.82, 2.24) is 5.06 Å². The summed E-state index contributed by atoms with van der Waals surface area (Å²) in [5.41, 5.74) is 0.322. The molecule has 2 atom stereocenters. The lowest BCUT2D eigenvalue weighted by atomic mass is 9.84. The fraction of sp³-hybridized carbons (Fsp3) is 1.00. The minimum absolute atomic E-state index is 0.322. The van der Waals surface area contributed by atoms with Gasteiger partial charge in [-0.15, -0.1) is 0 Å². The van der Waals surface area contributed by atoms with Crippen molar-refractivity contribution in [1.29, 1.82) is 0 Å². The molecular formula is C12H27NOSi. The van der Waals surface area contributed by atoms with Crippen LogP contribution in [0.3, 0.4) is 0 Å². The van der Waals surface area contributed by atoms with Crippen molar-refractivity contribution in [3.8, 4) is 0 Å². The predicted octanol–water partition coefficient (Wildman–Crippen LogP) is 3.38. The van der Waals surface area contributed by atoms with E-state index in [4.69, 9.17) is 4.84 Å². The van der Waals surface area contributed by atoms with Crippen molar-refractivity contribution in [2.24, 2.45) is 5.41 Å². The zero-order valence-electron chi connectivity index (χ0n) is 11.4. The average Bonchev–Trinajstić information content (AvgIpc) is 2.25. The molecule has 1 saturated heterocycles. The molecule has 0 bridgehead atoms. The Balaban J connectivity index is 2.57. The maximum Gasteiger partial charge on any atom is 0.0785 e. The van der Waals surface area contributed by atoms with Gasteiger partial charge in [0.25, 0.3) is 0 Å². The largest absolute Gasteiger partial charge is 0.296 e. The third-order valence-corrected chi connectivity index (χ3v) is 4.76. The van der Waals surface area contributed by atoms with E-state index in [1.165, 1.54) is 12.5 Å². The molecule has 0 aliphatic carbocycles. The summed E-state index contributed by atoms with van der Waals surface area (Å²) in [6.45, 7) is 14.2. The Bertz CT molecular complexity index is 217. The van der Waals surface area contributed by atoms with Crippen LogP contribution in [-0.4, -0.2) is 32.3 Å². The van der Waals surface area contributed by atoms with Crippen LogP contribution in [0.25, 0.3) is 0 Å². The van der Waals surface area contributed by atoms with E-state index in [-0.39, 0.29) is 0 Å². The average molecular weight is 229 g/mol. The molecule has 0 aromatic heterocycles. The molecule has 3 heteroatoms. The Hall–Kier alpha value is 0.137. The lowest BCUT2D eigenvalue weighted by Gasteiger charge is -2.30. The van der Waals surface area contributed by atoms with E-state index in [0.717, 1.165) is 0 Å². The lowest BCUT2D eigenvalue weighted by molar-refractivity contribution is -0.152. The molecule has 1 aliphatic heterocycles. The van der Waals surface area contributed by atoms with Crippen LogP contribution in [0.4, 0.5) is 0 Å². The van der Waals surface area contributed by atoms with Crippen LogP contribution < -0.4 is 0 Å². The minimum atomic E-state index is -0.992. The second-order valence-corrected chi connectivity index (χ2v) is 12.7.